The molecule has 0 aromatic carbocycles. The fourth-order valence-electron chi connectivity index (χ4n) is 0.750. The van der Waals surface area contributed by atoms with Crippen LogP contribution in [0.2, 0.25) is 0 Å². The Morgan fingerprint density at radius 2 is 2.40 bits per heavy atom. The normalized spacial score (nSPS) is 16.2. The third-order valence-electron chi connectivity index (χ3n) is 1.30. The van der Waals surface area contributed by atoms with Gasteiger partial charge in [0.2, 0.25) is 0 Å². The molecule has 1 rings (SSSR count). The smallest absolute Gasteiger partial charge is 0 e. The van der Waals surface area contributed by atoms with Gasteiger partial charge < -0.3 is 16.2 Å². The van der Waals surface area contributed by atoms with Gasteiger partial charge in [-0.25, -0.2) is 0 Å². The fraction of sp³-hybridized carbons (Fsp3) is 0.571. The van der Waals surface area contributed by atoms with Crippen molar-refractivity contribution in [2.75, 3.05) is 0 Å². The van der Waals surface area contributed by atoms with Crippen LogP contribution in [0.3, 0.4) is 0 Å². The zero-order valence-electron chi connectivity index (χ0n) is 6.39. The average molecular weight is 211 g/mol. The molecule has 0 bridgehead atoms. The van der Waals surface area contributed by atoms with Gasteiger partial charge in [-0.2, -0.15) is 13.1 Å². The molecule has 0 spiro atoms. The van der Waals surface area contributed by atoms with Gasteiger partial charge in [0.05, 0.1) is 0 Å². The Balaban J connectivity index is 0.000000810. The molecule has 0 aromatic heterocycles. The molecule has 0 fully saturated rings. The van der Waals surface area contributed by atoms with E-state index in [0.717, 1.165) is 19.0 Å². The first-order valence-corrected chi connectivity index (χ1v) is 3.16. The Bertz CT molecular complexity index is 152. The molecule has 53 valence electrons. The van der Waals surface area contributed by atoms with Crippen LogP contribution in [0.15, 0.2) is 9.98 Å². The Kier molecular flexibility index (Phi) is 5.19. The maximum Gasteiger partial charge on any atom is 0 e. The number of hydrogen-bond donors (Lipinski definition) is 0. The van der Waals surface area contributed by atoms with E-state index in [-0.39, 0.29) is 32.7 Å². The monoisotopic (exact) mass is 211 g/mol. The minimum Gasteiger partial charge on any atom is -0.637 e. The molecular weight excluding hydrogens is 201 g/mol. The average Bonchev–Trinajstić information content (AvgIpc) is 1.77. The van der Waals surface area contributed by atoms with Crippen molar-refractivity contribution in [2.45, 2.75) is 26.7 Å². The first-order valence-electron chi connectivity index (χ1n) is 3.16. The first-order chi connectivity index (χ1) is 4.36. The second-order valence-electron chi connectivity index (χ2n) is 1.96. The molecule has 0 unspecified atom stereocenters. The fourth-order valence-corrected chi connectivity index (χ4v) is 0.750. The molecule has 1 radical (unpaired) electrons. The number of rotatable bonds is 2. The van der Waals surface area contributed by atoms with Crippen molar-refractivity contribution >= 4 is 11.9 Å². The van der Waals surface area contributed by atoms with Crippen molar-refractivity contribution in [2.24, 2.45) is 9.98 Å². The Morgan fingerprint density at radius 3 is 2.80 bits per heavy atom. The molecule has 0 aliphatic carbocycles. The van der Waals surface area contributed by atoms with E-state index in [2.05, 4.69) is 23.1 Å². The summed E-state index contributed by atoms with van der Waals surface area (Å²) in [5.41, 5.74) is 1.25. The van der Waals surface area contributed by atoms with Crippen molar-refractivity contribution in [3.63, 3.8) is 0 Å². The van der Waals surface area contributed by atoms with Crippen LogP contribution < -0.4 is 0 Å². The summed E-state index contributed by atoms with van der Waals surface area (Å²) in [7, 11) is 0. The van der Waals surface area contributed by atoms with Crippen molar-refractivity contribution < 1.29 is 32.7 Å². The summed E-state index contributed by atoms with van der Waals surface area (Å²) in [6, 6.07) is 0. The van der Waals surface area contributed by atoms with E-state index in [1.807, 2.05) is 0 Å². The zero-order valence-corrected chi connectivity index (χ0v) is 9.22. The minimum absolute atomic E-state index is 0. The van der Waals surface area contributed by atoms with Gasteiger partial charge in [-0.3, -0.25) is 0 Å². The summed E-state index contributed by atoms with van der Waals surface area (Å²) >= 11 is 0. The second-order valence-corrected chi connectivity index (χ2v) is 1.96. The Labute approximate surface area is 87.1 Å². The molecule has 0 N–H and O–H groups in total. The topological polar surface area (TPSA) is 24.7 Å². The summed E-state index contributed by atoms with van der Waals surface area (Å²) in [4.78, 5) is 8.04. The molecule has 1 heterocycles. The molecule has 1 aliphatic rings. The van der Waals surface area contributed by atoms with Crippen LogP contribution in [0.4, 0.5) is 0 Å². The Morgan fingerprint density at radius 1 is 1.80 bits per heavy atom. The van der Waals surface area contributed by atoms with Gasteiger partial charge in [0.25, 0.3) is 0 Å². The molecular formula is C7H10N2Y-2. The van der Waals surface area contributed by atoms with Crippen LogP contribution in [0, 0.1) is 6.17 Å². The predicted octanol–water partition coefficient (Wildman–Crippen LogP) is 1.70. The summed E-state index contributed by atoms with van der Waals surface area (Å²) in [5.74, 6) is 0. The van der Waals surface area contributed by atoms with Gasteiger partial charge in [0.1, 0.15) is 0 Å². The molecule has 0 amide bonds. The summed E-state index contributed by atoms with van der Waals surface area (Å²) in [5, 5.41) is 0. The minimum atomic E-state index is 0. The van der Waals surface area contributed by atoms with Crippen molar-refractivity contribution in [1.82, 2.24) is 0 Å². The third kappa shape index (κ3) is 2.51. The third-order valence-corrected chi connectivity index (χ3v) is 1.30. The summed E-state index contributed by atoms with van der Waals surface area (Å²) < 4.78 is 0. The molecule has 0 aromatic rings. The Hall–Kier alpha value is 0.314. The molecule has 2 nitrogen and oxygen atoms in total. The van der Waals surface area contributed by atoms with Gasteiger partial charge in [-0.15, -0.1) is 0 Å². The van der Waals surface area contributed by atoms with E-state index in [9.17, 15) is 0 Å². The molecule has 1 aliphatic heterocycles. The maximum absolute atomic E-state index is 4.13. The van der Waals surface area contributed by atoms with E-state index in [1.165, 1.54) is 5.71 Å². The van der Waals surface area contributed by atoms with E-state index < -0.39 is 0 Å². The zero-order chi connectivity index (χ0) is 6.69. The van der Waals surface area contributed by atoms with Crippen LogP contribution in [-0.2, 0) is 32.7 Å². The number of aliphatic imine (C=N–C) groups is 2. The van der Waals surface area contributed by atoms with E-state index in [4.69, 9.17) is 0 Å². The van der Waals surface area contributed by atoms with Gasteiger partial charge in [-0.1, -0.05) is 13.3 Å². The van der Waals surface area contributed by atoms with Crippen molar-refractivity contribution in [3.8, 4) is 0 Å². The van der Waals surface area contributed by atoms with E-state index in [1.54, 1.807) is 6.92 Å². The molecule has 0 saturated heterocycles. The van der Waals surface area contributed by atoms with Gasteiger partial charge in [0.15, 0.2) is 0 Å². The van der Waals surface area contributed by atoms with Crippen LogP contribution in [-0.4, -0.2) is 11.9 Å². The summed E-state index contributed by atoms with van der Waals surface area (Å²) in [6.45, 7) is 3.89. The van der Waals surface area contributed by atoms with Gasteiger partial charge >= 0.3 is 0 Å². The molecule has 3 heteroatoms. The van der Waals surface area contributed by atoms with Gasteiger partial charge in [0, 0.05) is 32.7 Å². The van der Waals surface area contributed by atoms with Crippen LogP contribution in [0.5, 0.6) is 0 Å². The molecule has 0 saturated carbocycles. The maximum atomic E-state index is 4.13. The first kappa shape index (κ1) is 10.3. The number of nitrogens with zero attached hydrogens (tertiary/aromatic N) is 2. The standard InChI is InChI=1S/C7H10N2.Y/c1-3-6-5-7(9-6)8-4-2;/h3,5H2,1-2H3;/q-2;. The molecule has 0 atom stereocenters. The largest absolute Gasteiger partial charge is 0.637 e. The predicted molar refractivity (Wildman–Crippen MR) is 38.7 cm³/mol. The van der Waals surface area contributed by atoms with Crippen LogP contribution in [0.1, 0.15) is 26.7 Å². The molecule has 10 heavy (non-hydrogen) atoms. The summed E-state index contributed by atoms with van der Waals surface area (Å²) in [6.07, 6.45) is 5.65. The van der Waals surface area contributed by atoms with Crippen LogP contribution >= 0.6 is 0 Å². The SMILES string of the molecule is C[C-]=N[C-]1CC(CC)=N1.[Y]. The van der Waals surface area contributed by atoms with E-state index in [0.29, 0.717) is 0 Å². The van der Waals surface area contributed by atoms with Gasteiger partial charge in [-0.05, 0) is 12.1 Å². The van der Waals surface area contributed by atoms with Crippen molar-refractivity contribution in [3.05, 3.63) is 6.17 Å². The second kappa shape index (κ2) is 5.03. The van der Waals surface area contributed by atoms with Crippen molar-refractivity contribution in [1.29, 1.82) is 0 Å². The number of hydrogen-bond acceptors (Lipinski definition) is 2. The van der Waals surface area contributed by atoms with Crippen LogP contribution in [0.25, 0.3) is 0 Å². The van der Waals surface area contributed by atoms with E-state index >= 15 is 0 Å². The quantitative estimate of drug-likeness (QED) is 0.490.